The summed E-state index contributed by atoms with van der Waals surface area (Å²) in [4.78, 5) is 0. The summed E-state index contributed by atoms with van der Waals surface area (Å²) in [5.41, 5.74) is 5.72. The topological polar surface area (TPSA) is 0 Å². The third kappa shape index (κ3) is 1.15. The minimum Gasteiger partial charge on any atom is -0.118 e. The van der Waals surface area contributed by atoms with E-state index in [1.165, 1.54) is 0 Å². The summed E-state index contributed by atoms with van der Waals surface area (Å²) in [5, 5.41) is 0. The zero-order chi connectivity index (χ0) is 16.4. The van der Waals surface area contributed by atoms with Crippen molar-refractivity contribution in [2.75, 3.05) is 0 Å². The lowest BCUT2D eigenvalue weighted by Gasteiger charge is -2.52. The Morgan fingerprint density at radius 3 is 0.833 bits per heavy atom. The molecular formula is C24H14. The Bertz CT molecular complexity index is 880. The van der Waals surface area contributed by atoms with E-state index in [0.717, 1.165) is 33.4 Å². The third-order valence-electron chi connectivity index (χ3n) is 5.64. The van der Waals surface area contributed by atoms with Crippen LogP contribution < -0.4 is 0 Å². The molecule has 0 saturated heterocycles. The van der Waals surface area contributed by atoms with Crippen LogP contribution in [-0.4, -0.2) is 0 Å². The zero-order valence-corrected chi connectivity index (χ0v) is 13.1. The smallest absolute Gasteiger partial charge is 0.107 e. The molecule has 0 saturated carbocycles. The van der Waals surface area contributed by atoms with Crippen LogP contribution in [0.5, 0.6) is 0 Å². The summed E-state index contributed by atoms with van der Waals surface area (Å²) < 4.78 is 0. The molecule has 3 aliphatic rings. The predicted octanol–water partition coefficient (Wildman–Crippen LogP) is 4.25. The molecule has 0 heteroatoms. The van der Waals surface area contributed by atoms with E-state index in [0.29, 0.717) is 0 Å². The molecule has 0 spiro atoms. The van der Waals surface area contributed by atoms with Crippen molar-refractivity contribution in [1.82, 2.24) is 0 Å². The lowest BCUT2D eigenvalue weighted by atomic mass is 9.47. The number of hydrogen-bond acceptors (Lipinski definition) is 0. The van der Waals surface area contributed by atoms with Crippen molar-refractivity contribution in [3.05, 3.63) is 106 Å². The Kier molecular flexibility index (Phi) is 2.31. The van der Waals surface area contributed by atoms with E-state index in [1.54, 1.807) is 0 Å². The van der Waals surface area contributed by atoms with Crippen LogP contribution in [-0.2, 0) is 10.8 Å². The first-order valence-electron chi connectivity index (χ1n) is 8.06. The van der Waals surface area contributed by atoms with Crippen LogP contribution in [0.1, 0.15) is 33.4 Å². The fourth-order valence-corrected chi connectivity index (χ4v) is 4.75. The average molecular weight is 302 g/mol. The molecule has 110 valence electrons. The van der Waals surface area contributed by atoms with Crippen LogP contribution in [0.25, 0.3) is 0 Å². The molecule has 3 aromatic rings. The lowest BCUT2D eigenvalue weighted by molar-refractivity contribution is 0.606. The second-order valence-corrected chi connectivity index (χ2v) is 6.43. The van der Waals surface area contributed by atoms with Crippen LogP contribution in [0, 0.1) is 24.7 Å². The van der Waals surface area contributed by atoms with E-state index in [9.17, 15) is 0 Å². The molecule has 0 nitrogen and oxygen atoms in total. The summed E-state index contributed by atoms with van der Waals surface area (Å²) in [7, 11) is 0. The fourth-order valence-electron chi connectivity index (χ4n) is 4.75. The number of rotatable bonds is 0. The molecule has 0 aliphatic heterocycles. The Labute approximate surface area is 142 Å². The standard InChI is InChI=1S/C24H14/c1-3-23-17-11-5-8-14-20(17)24(4-2,21-15-9-6-12-18(21)23)22-16-10-7-13-19(22)23/h1-2,5-16H. The van der Waals surface area contributed by atoms with Crippen molar-refractivity contribution < 1.29 is 0 Å². The maximum Gasteiger partial charge on any atom is 0.107 e. The van der Waals surface area contributed by atoms with Crippen LogP contribution >= 0.6 is 0 Å². The van der Waals surface area contributed by atoms with Crippen LogP contribution in [0.15, 0.2) is 72.8 Å². The molecule has 24 heavy (non-hydrogen) atoms. The highest BCUT2D eigenvalue weighted by atomic mass is 14.6. The normalized spacial score (nSPS) is 24.9. The minimum atomic E-state index is -0.567. The highest BCUT2D eigenvalue weighted by Crippen LogP contribution is 2.61. The van der Waals surface area contributed by atoms with Crippen molar-refractivity contribution in [3.63, 3.8) is 0 Å². The largest absolute Gasteiger partial charge is 0.118 e. The Hall–Kier alpha value is -3.22. The SMILES string of the molecule is C#CC12c3ccccc3C(C#C)(c3ccccc31)c1ccccc12. The van der Waals surface area contributed by atoms with E-state index in [1.807, 2.05) is 36.4 Å². The third-order valence-corrected chi connectivity index (χ3v) is 5.64. The van der Waals surface area contributed by atoms with Gasteiger partial charge < -0.3 is 0 Å². The van der Waals surface area contributed by atoms with Crippen molar-refractivity contribution >= 4 is 0 Å². The molecule has 0 heterocycles. The molecule has 3 aromatic carbocycles. The van der Waals surface area contributed by atoms with Crippen LogP contribution in [0.3, 0.4) is 0 Å². The van der Waals surface area contributed by atoms with Gasteiger partial charge in [-0.15, -0.1) is 12.8 Å². The number of terminal acetylenes is 2. The van der Waals surface area contributed by atoms with Crippen molar-refractivity contribution in [3.8, 4) is 24.7 Å². The highest BCUT2D eigenvalue weighted by molar-refractivity contribution is 5.81. The van der Waals surface area contributed by atoms with E-state index in [2.05, 4.69) is 48.2 Å². The molecule has 0 amide bonds. The molecule has 0 fully saturated rings. The first-order valence-corrected chi connectivity index (χ1v) is 8.06. The van der Waals surface area contributed by atoms with Gasteiger partial charge in [0, 0.05) is 0 Å². The summed E-state index contributed by atoms with van der Waals surface area (Å²) in [6, 6.07) is 25.1. The predicted molar refractivity (Wildman–Crippen MR) is 96.8 cm³/mol. The van der Waals surface area contributed by atoms with Gasteiger partial charge in [0.15, 0.2) is 0 Å². The lowest BCUT2D eigenvalue weighted by Crippen LogP contribution is -2.49. The minimum absolute atomic E-state index is 0.567. The van der Waals surface area contributed by atoms with Crippen molar-refractivity contribution in [2.45, 2.75) is 10.8 Å². The van der Waals surface area contributed by atoms with Gasteiger partial charge >= 0.3 is 0 Å². The van der Waals surface area contributed by atoms with Crippen LogP contribution in [0.4, 0.5) is 0 Å². The van der Waals surface area contributed by atoms with E-state index >= 15 is 0 Å². The maximum atomic E-state index is 6.20. The number of benzene rings is 3. The first-order chi connectivity index (χ1) is 11.8. The molecule has 2 bridgehead atoms. The van der Waals surface area contributed by atoms with E-state index < -0.39 is 10.8 Å². The molecule has 0 N–H and O–H groups in total. The Balaban J connectivity index is 2.12. The van der Waals surface area contributed by atoms with Gasteiger partial charge in [0.25, 0.3) is 0 Å². The monoisotopic (exact) mass is 302 g/mol. The molecular weight excluding hydrogens is 288 g/mol. The molecule has 0 unspecified atom stereocenters. The van der Waals surface area contributed by atoms with Gasteiger partial charge in [-0.1, -0.05) is 84.6 Å². The van der Waals surface area contributed by atoms with Crippen molar-refractivity contribution in [2.24, 2.45) is 0 Å². The van der Waals surface area contributed by atoms with E-state index in [-0.39, 0.29) is 0 Å². The average Bonchev–Trinajstić information content (AvgIpc) is 2.67. The zero-order valence-electron chi connectivity index (χ0n) is 13.1. The van der Waals surface area contributed by atoms with Gasteiger partial charge in [-0.2, -0.15) is 0 Å². The summed E-state index contributed by atoms with van der Waals surface area (Å²) in [5.74, 6) is 6.29. The molecule has 0 radical (unpaired) electrons. The fraction of sp³-hybridized carbons (Fsp3) is 0.0833. The maximum absolute atomic E-state index is 6.20. The van der Waals surface area contributed by atoms with Gasteiger partial charge in [0.1, 0.15) is 10.8 Å². The van der Waals surface area contributed by atoms with E-state index in [4.69, 9.17) is 12.8 Å². The molecule has 0 atom stereocenters. The number of hydrogen-bond donors (Lipinski definition) is 0. The van der Waals surface area contributed by atoms with Gasteiger partial charge in [0.05, 0.1) is 0 Å². The van der Waals surface area contributed by atoms with Gasteiger partial charge in [-0.05, 0) is 33.4 Å². The second kappa shape index (κ2) is 4.19. The first kappa shape index (κ1) is 13.2. The molecule has 6 rings (SSSR count). The van der Waals surface area contributed by atoms with Gasteiger partial charge in [0.2, 0.25) is 0 Å². The van der Waals surface area contributed by atoms with Crippen LogP contribution in [0.2, 0.25) is 0 Å². The summed E-state index contributed by atoms with van der Waals surface area (Å²) in [6.45, 7) is 0. The Morgan fingerprint density at radius 1 is 0.458 bits per heavy atom. The summed E-state index contributed by atoms with van der Waals surface area (Å²) in [6.07, 6.45) is 12.4. The highest BCUT2D eigenvalue weighted by Gasteiger charge is 2.57. The summed E-state index contributed by atoms with van der Waals surface area (Å²) >= 11 is 0. The molecule has 3 aliphatic carbocycles. The quantitative estimate of drug-likeness (QED) is 0.545. The van der Waals surface area contributed by atoms with Gasteiger partial charge in [-0.3, -0.25) is 0 Å². The molecule has 0 aromatic heterocycles. The van der Waals surface area contributed by atoms with Gasteiger partial charge in [-0.25, -0.2) is 0 Å². The Morgan fingerprint density at radius 2 is 0.667 bits per heavy atom. The van der Waals surface area contributed by atoms with Crippen molar-refractivity contribution in [1.29, 1.82) is 0 Å². The second-order valence-electron chi connectivity index (χ2n) is 6.43.